The van der Waals surface area contributed by atoms with Gasteiger partial charge in [-0.05, 0) is 37.5 Å². The largest absolute Gasteiger partial charge is 0.382 e. The second-order valence-electron chi connectivity index (χ2n) is 4.88. The van der Waals surface area contributed by atoms with Crippen LogP contribution >= 0.6 is 11.6 Å². The van der Waals surface area contributed by atoms with E-state index >= 15 is 0 Å². The van der Waals surface area contributed by atoms with Gasteiger partial charge in [0.25, 0.3) is 0 Å². The highest BCUT2D eigenvalue weighted by Crippen LogP contribution is 2.23. The first kappa shape index (κ1) is 13.2. The van der Waals surface area contributed by atoms with Crippen molar-refractivity contribution in [1.29, 1.82) is 0 Å². The lowest BCUT2D eigenvalue weighted by Gasteiger charge is -2.32. The summed E-state index contributed by atoms with van der Waals surface area (Å²) < 4.78 is 0. The maximum Gasteiger partial charge on any atom is 0.219 e. The van der Waals surface area contributed by atoms with Crippen LogP contribution in [0.3, 0.4) is 0 Å². The number of hydrogen-bond donors (Lipinski definition) is 1. The maximum atomic E-state index is 11.3. The highest BCUT2D eigenvalue weighted by Gasteiger charge is 2.20. The van der Waals surface area contributed by atoms with Gasteiger partial charge in [-0.25, -0.2) is 0 Å². The normalized spacial score (nSPS) is 16.7. The molecule has 1 saturated heterocycles. The Hall–Kier alpha value is -1.22. The van der Waals surface area contributed by atoms with Crippen molar-refractivity contribution in [2.24, 2.45) is 0 Å². The molecular formula is C14H19ClN2O. The van der Waals surface area contributed by atoms with Crippen molar-refractivity contribution in [2.45, 2.75) is 32.7 Å². The molecule has 1 aliphatic heterocycles. The molecule has 2 rings (SSSR count). The molecule has 1 heterocycles. The molecule has 18 heavy (non-hydrogen) atoms. The van der Waals surface area contributed by atoms with Crippen molar-refractivity contribution in [3.63, 3.8) is 0 Å². The lowest BCUT2D eigenvalue weighted by molar-refractivity contribution is -0.129. The number of amides is 1. The molecular weight excluding hydrogens is 248 g/mol. The van der Waals surface area contributed by atoms with Crippen LogP contribution in [0.15, 0.2) is 18.2 Å². The van der Waals surface area contributed by atoms with Crippen LogP contribution < -0.4 is 5.32 Å². The van der Waals surface area contributed by atoms with Crippen molar-refractivity contribution in [2.75, 3.05) is 18.4 Å². The minimum atomic E-state index is 0.174. The zero-order valence-corrected chi connectivity index (χ0v) is 11.6. The summed E-state index contributed by atoms with van der Waals surface area (Å²) in [6.45, 7) is 5.39. The Labute approximate surface area is 113 Å². The topological polar surface area (TPSA) is 32.3 Å². The Morgan fingerprint density at radius 3 is 2.67 bits per heavy atom. The van der Waals surface area contributed by atoms with Crippen LogP contribution in [-0.4, -0.2) is 29.9 Å². The van der Waals surface area contributed by atoms with Crippen LogP contribution in [-0.2, 0) is 4.79 Å². The molecule has 1 fully saturated rings. The quantitative estimate of drug-likeness (QED) is 0.892. The van der Waals surface area contributed by atoms with Gasteiger partial charge in [0, 0.05) is 36.8 Å². The van der Waals surface area contributed by atoms with Crippen LogP contribution in [0, 0.1) is 6.92 Å². The average molecular weight is 267 g/mol. The molecule has 0 unspecified atom stereocenters. The summed E-state index contributed by atoms with van der Waals surface area (Å²) in [6.07, 6.45) is 1.98. The second kappa shape index (κ2) is 5.61. The number of nitrogens with one attached hydrogen (secondary N) is 1. The summed E-state index contributed by atoms with van der Waals surface area (Å²) in [5.41, 5.74) is 2.30. The SMILES string of the molecule is CC(=O)N1CCC(Nc2cc(Cl)ccc2C)CC1. The highest BCUT2D eigenvalue weighted by atomic mass is 35.5. The number of likely N-dealkylation sites (tertiary alicyclic amines) is 1. The Balaban J connectivity index is 1.95. The second-order valence-corrected chi connectivity index (χ2v) is 5.32. The number of piperidine rings is 1. The van der Waals surface area contributed by atoms with Crippen LogP contribution in [0.4, 0.5) is 5.69 Å². The lowest BCUT2D eigenvalue weighted by atomic mass is 10.0. The van der Waals surface area contributed by atoms with E-state index in [1.807, 2.05) is 23.1 Å². The first-order valence-electron chi connectivity index (χ1n) is 6.34. The molecule has 98 valence electrons. The van der Waals surface area contributed by atoms with E-state index in [1.54, 1.807) is 6.92 Å². The summed E-state index contributed by atoms with van der Waals surface area (Å²) in [5, 5.41) is 4.28. The molecule has 1 aromatic carbocycles. The van der Waals surface area contributed by atoms with Crippen LogP contribution in [0.1, 0.15) is 25.3 Å². The van der Waals surface area contributed by atoms with Gasteiger partial charge in [-0.15, -0.1) is 0 Å². The molecule has 1 aliphatic rings. The van der Waals surface area contributed by atoms with Gasteiger partial charge >= 0.3 is 0 Å². The number of carbonyl (C=O) groups excluding carboxylic acids is 1. The molecule has 0 aromatic heterocycles. The van der Waals surface area contributed by atoms with E-state index in [0.717, 1.165) is 36.6 Å². The summed E-state index contributed by atoms with van der Waals surface area (Å²) >= 11 is 6.01. The van der Waals surface area contributed by atoms with E-state index in [4.69, 9.17) is 11.6 Å². The minimum Gasteiger partial charge on any atom is -0.382 e. The number of carbonyl (C=O) groups is 1. The summed E-state index contributed by atoms with van der Waals surface area (Å²) in [5.74, 6) is 0.174. The number of rotatable bonds is 2. The summed E-state index contributed by atoms with van der Waals surface area (Å²) in [4.78, 5) is 13.2. The number of anilines is 1. The molecule has 1 aromatic rings. The summed E-state index contributed by atoms with van der Waals surface area (Å²) in [7, 11) is 0. The highest BCUT2D eigenvalue weighted by molar-refractivity contribution is 6.30. The third-order valence-corrected chi connectivity index (χ3v) is 3.73. The number of aryl methyl sites for hydroxylation is 1. The number of hydrogen-bond acceptors (Lipinski definition) is 2. The van der Waals surface area contributed by atoms with Gasteiger partial charge in [-0.2, -0.15) is 0 Å². The van der Waals surface area contributed by atoms with Gasteiger partial charge < -0.3 is 10.2 Å². The van der Waals surface area contributed by atoms with Crippen molar-refractivity contribution in [1.82, 2.24) is 4.90 Å². The average Bonchev–Trinajstić information content (AvgIpc) is 2.34. The molecule has 3 nitrogen and oxygen atoms in total. The summed E-state index contributed by atoms with van der Waals surface area (Å²) in [6, 6.07) is 6.32. The van der Waals surface area contributed by atoms with Crippen molar-refractivity contribution in [3.8, 4) is 0 Å². The van der Waals surface area contributed by atoms with Crippen LogP contribution in [0.2, 0.25) is 5.02 Å². The monoisotopic (exact) mass is 266 g/mol. The van der Waals surface area contributed by atoms with E-state index in [1.165, 1.54) is 5.56 Å². The molecule has 1 N–H and O–H groups in total. The smallest absolute Gasteiger partial charge is 0.219 e. The third kappa shape index (κ3) is 3.16. The van der Waals surface area contributed by atoms with Gasteiger partial charge in [-0.1, -0.05) is 17.7 Å². The number of halogens is 1. The van der Waals surface area contributed by atoms with Gasteiger partial charge in [0.05, 0.1) is 0 Å². The first-order chi connectivity index (χ1) is 8.56. The van der Waals surface area contributed by atoms with Crippen molar-refractivity contribution < 1.29 is 4.79 Å². The predicted octanol–water partition coefficient (Wildman–Crippen LogP) is 3.07. The van der Waals surface area contributed by atoms with Crippen LogP contribution in [0.25, 0.3) is 0 Å². The van der Waals surface area contributed by atoms with Gasteiger partial charge in [0.15, 0.2) is 0 Å². The van der Waals surface area contributed by atoms with Gasteiger partial charge in [-0.3, -0.25) is 4.79 Å². The molecule has 4 heteroatoms. The van der Waals surface area contributed by atoms with E-state index in [9.17, 15) is 4.79 Å². The predicted molar refractivity (Wildman–Crippen MR) is 75.1 cm³/mol. The molecule has 0 spiro atoms. The Bertz CT molecular complexity index is 439. The van der Waals surface area contributed by atoms with E-state index in [2.05, 4.69) is 12.2 Å². The Morgan fingerprint density at radius 2 is 2.06 bits per heavy atom. The molecule has 1 amide bonds. The molecule has 0 radical (unpaired) electrons. The third-order valence-electron chi connectivity index (χ3n) is 3.50. The minimum absolute atomic E-state index is 0.174. The maximum absolute atomic E-state index is 11.3. The van der Waals surface area contributed by atoms with Crippen molar-refractivity contribution in [3.05, 3.63) is 28.8 Å². The molecule has 0 bridgehead atoms. The molecule has 0 aliphatic carbocycles. The van der Waals surface area contributed by atoms with Gasteiger partial charge in [0.2, 0.25) is 5.91 Å². The zero-order valence-electron chi connectivity index (χ0n) is 10.9. The van der Waals surface area contributed by atoms with E-state index in [-0.39, 0.29) is 5.91 Å². The lowest BCUT2D eigenvalue weighted by Crippen LogP contribution is -2.41. The zero-order chi connectivity index (χ0) is 13.1. The fourth-order valence-corrected chi connectivity index (χ4v) is 2.48. The number of nitrogens with zero attached hydrogens (tertiary/aromatic N) is 1. The fraction of sp³-hybridized carbons (Fsp3) is 0.500. The van der Waals surface area contributed by atoms with Gasteiger partial charge in [0.1, 0.15) is 0 Å². The molecule has 0 saturated carbocycles. The number of benzene rings is 1. The van der Waals surface area contributed by atoms with Crippen LogP contribution in [0.5, 0.6) is 0 Å². The molecule has 0 atom stereocenters. The van der Waals surface area contributed by atoms with E-state index in [0.29, 0.717) is 6.04 Å². The Kier molecular flexibility index (Phi) is 4.12. The standard InChI is InChI=1S/C14H19ClN2O/c1-10-3-4-12(15)9-14(10)16-13-5-7-17(8-6-13)11(2)18/h3-4,9,13,16H,5-8H2,1-2H3. The van der Waals surface area contributed by atoms with E-state index < -0.39 is 0 Å². The first-order valence-corrected chi connectivity index (χ1v) is 6.72. The fourth-order valence-electron chi connectivity index (χ4n) is 2.31. The van der Waals surface area contributed by atoms with Crippen molar-refractivity contribution >= 4 is 23.2 Å². The Morgan fingerprint density at radius 1 is 1.39 bits per heavy atom.